The van der Waals surface area contributed by atoms with E-state index in [1.165, 1.54) is 6.07 Å². The van der Waals surface area contributed by atoms with Gasteiger partial charge >= 0.3 is 0 Å². The minimum atomic E-state index is -1.10. The van der Waals surface area contributed by atoms with E-state index in [9.17, 15) is 8.94 Å². The summed E-state index contributed by atoms with van der Waals surface area (Å²) in [6.07, 6.45) is 0. The van der Waals surface area contributed by atoms with E-state index in [0.29, 0.717) is 6.54 Å². The highest BCUT2D eigenvalue weighted by Gasteiger charge is 2.27. The molecule has 0 aromatic heterocycles. The first-order valence-electron chi connectivity index (χ1n) is 6.24. The molecule has 1 aromatic rings. The molecular weight excluding hydrogens is 329 g/mol. The van der Waals surface area contributed by atoms with Gasteiger partial charge in [-0.1, -0.05) is 22.9 Å². The van der Waals surface area contributed by atoms with Gasteiger partial charge in [-0.2, -0.15) is 0 Å². The predicted octanol–water partition coefficient (Wildman–Crippen LogP) is 4.05. The minimum absolute atomic E-state index is 0.0956. The summed E-state index contributed by atoms with van der Waals surface area (Å²) in [6, 6.07) is 3.01. The van der Waals surface area contributed by atoms with E-state index in [2.05, 4.69) is 20.7 Å². The van der Waals surface area contributed by atoms with Crippen LogP contribution in [0.25, 0.3) is 0 Å². The summed E-state index contributed by atoms with van der Waals surface area (Å²) in [7, 11) is 0. The Kier molecular flexibility index (Phi) is 5.86. The highest BCUT2D eigenvalue weighted by molar-refractivity contribution is 9.10. The molecule has 2 nitrogen and oxygen atoms in total. The summed E-state index contributed by atoms with van der Waals surface area (Å²) >= 11 is 2.25. The van der Waals surface area contributed by atoms with Crippen LogP contribution in [0.3, 0.4) is 0 Å². The maximum absolute atomic E-state index is 13.4. The molecule has 0 aliphatic carbocycles. The minimum Gasteiger partial charge on any atom is -0.598 e. The van der Waals surface area contributed by atoms with Gasteiger partial charge in [0.15, 0.2) is 0 Å². The van der Waals surface area contributed by atoms with E-state index < -0.39 is 11.4 Å². The third-order valence-electron chi connectivity index (χ3n) is 2.96. The monoisotopic (exact) mass is 349 g/mol. The van der Waals surface area contributed by atoms with Crippen LogP contribution in [0.2, 0.25) is 0 Å². The molecule has 0 spiro atoms. The van der Waals surface area contributed by atoms with Crippen LogP contribution in [0.4, 0.5) is 4.39 Å². The third kappa shape index (κ3) is 4.74. The number of nitrogens with one attached hydrogen (secondary N) is 1. The van der Waals surface area contributed by atoms with Crippen molar-refractivity contribution in [1.29, 1.82) is 0 Å². The van der Waals surface area contributed by atoms with Crippen LogP contribution in [-0.2, 0) is 11.4 Å². The second-order valence-corrected chi connectivity index (χ2v) is 8.64. The van der Waals surface area contributed by atoms with E-state index in [-0.39, 0.29) is 16.5 Å². The molecule has 2 atom stereocenters. The zero-order valence-corrected chi connectivity index (χ0v) is 14.4. The van der Waals surface area contributed by atoms with E-state index in [4.69, 9.17) is 0 Å². The molecule has 5 heteroatoms. The van der Waals surface area contributed by atoms with Crippen LogP contribution >= 0.6 is 15.9 Å². The molecule has 0 bridgehead atoms. The fourth-order valence-electron chi connectivity index (χ4n) is 1.70. The maximum atomic E-state index is 13.4. The Bertz CT molecular complexity index is 448. The van der Waals surface area contributed by atoms with Crippen LogP contribution in [0, 0.1) is 12.7 Å². The van der Waals surface area contributed by atoms with Crippen molar-refractivity contribution in [2.45, 2.75) is 45.3 Å². The number of rotatable bonds is 4. The van der Waals surface area contributed by atoms with Gasteiger partial charge in [-0.3, -0.25) is 0 Å². The second kappa shape index (κ2) is 6.57. The SMILES string of the molecule is Cc1c(Br)cc(F)cc1C(C)CN[S+]([O-])C(C)(C)C. The quantitative estimate of drug-likeness (QED) is 0.832. The molecule has 0 aliphatic rings. The molecule has 19 heavy (non-hydrogen) atoms. The van der Waals surface area contributed by atoms with Crippen LogP contribution in [0.5, 0.6) is 0 Å². The van der Waals surface area contributed by atoms with Crippen molar-refractivity contribution >= 4 is 27.3 Å². The van der Waals surface area contributed by atoms with Crippen LogP contribution in [-0.4, -0.2) is 15.8 Å². The zero-order valence-electron chi connectivity index (χ0n) is 12.0. The van der Waals surface area contributed by atoms with Crippen molar-refractivity contribution in [3.05, 3.63) is 33.5 Å². The van der Waals surface area contributed by atoms with Crippen molar-refractivity contribution in [1.82, 2.24) is 4.72 Å². The Morgan fingerprint density at radius 3 is 2.53 bits per heavy atom. The van der Waals surface area contributed by atoms with Gasteiger partial charge in [-0.05, 0) is 56.9 Å². The molecule has 2 unspecified atom stereocenters. The fourth-order valence-corrected chi connectivity index (χ4v) is 2.99. The van der Waals surface area contributed by atoms with Crippen molar-refractivity contribution < 1.29 is 8.94 Å². The summed E-state index contributed by atoms with van der Waals surface area (Å²) < 4.78 is 28.9. The zero-order chi connectivity index (χ0) is 14.8. The first kappa shape index (κ1) is 17.0. The Hall–Kier alpha value is -0.100. The molecule has 0 heterocycles. The van der Waals surface area contributed by atoms with Gasteiger partial charge in [0.1, 0.15) is 10.6 Å². The van der Waals surface area contributed by atoms with Gasteiger partial charge in [0, 0.05) is 22.4 Å². The van der Waals surface area contributed by atoms with Crippen molar-refractivity contribution in [3.8, 4) is 0 Å². The topological polar surface area (TPSA) is 35.1 Å². The van der Waals surface area contributed by atoms with Gasteiger partial charge < -0.3 is 4.55 Å². The van der Waals surface area contributed by atoms with Crippen molar-refractivity contribution in [2.24, 2.45) is 0 Å². The van der Waals surface area contributed by atoms with Crippen molar-refractivity contribution in [2.75, 3.05) is 6.54 Å². The summed E-state index contributed by atoms with van der Waals surface area (Å²) in [5.74, 6) is -0.158. The van der Waals surface area contributed by atoms with Crippen LogP contribution in [0.15, 0.2) is 16.6 Å². The lowest BCUT2D eigenvalue weighted by molar-refractivity contribution is 0.538. The number of halogens is 2. The molecule has 0 radical (unpaired) electrons. The lowest BCUT2D eigenvalue weighted by Gasteiger charge is -2.25. The first-order valence-corrected chi connectivity index (χ1v) is 8.18. The summed E-state index contributed by atoms with van der Waals surface area (Å²) in [5, 5.41) is 0. The Balaban J connectivity index is 2.77. The van der Waals surface area contributed by atoms with E-state index in [1.807, 2.05) is 34.6 Å². The van der Waals surface area contributed by atoms with Gasteiger partial charge in [0.25, 0.3) is 0 Å². The highest BCUT2D eigenvalue weighted by atomic mass is 79.9. The van der Waals surface area contributed by atoms with Gasteiger partial charge in [-0.25, -0.2) is 4.39 Å². The summed E-state index contributed by atoms with van der Waals surface area (Å²) in [4.78, 5) is 0. The molecule has 0 fully saturated rings. The number of benzene rings is 1. The van der Waals surface area contributed by atoms with E-state index in [0.717, 1.165) is 15.6 Å². The Morgan fingerprint density at radius 1 is 1.42 bits per heavy atom. The highest BCUT2D eigenvalue weighted by Crippen LogP contribution is 2.27. The number of hydrogen-bond acceptors (Lipinski definition) is 2. The molecule has 108 valence electrons. The molecule has 1 aromatic carbocycles. The molecule has 1 rings (SSSR count). The third-order valence-corrected chi connectivity index (χ3v) is 5.32. The largest absolute Gasteiger partial charge is 0.598 e. The van der Waals surface area contributed by atoms with Gasteiger partial charge in [-0.15, -0.1) is 4.72 Å². The fraction of sp³-hybridized carbons (Fsp3) is 0.571. The molecule has 0 amide bonds. The first-order chi connectivity index (χ1) is 8.62. The average Bonchev–Trinajstić information content (AvgIpc) is 2.28. The lowest BCUT2D eigenvalue weighted by Crippen LogP contribution is -2.40. The van der Waals surface area contributed by atoms with E-state index >= 15 is 0 Å². The average molecular weight is 350 g/mol. The smallest absolute Gasteiger partial charge is 0.136 e. The maximum Gasteiger partial charge on any atom is 0.136 e. The lowest BCUT2D eigenvalue weighted by atomic mass is 9.96. The second-order valence-electron chi connectivity index (χ2n) is 5.73. The Labute approximate surface area is 126 Å². The van der Waals surface area contributed by atoms with Gasteiger partial charge in [0.05, 0.1) is 0 Å². The summed E-state index contributed by atoms with van der Waals surface area (Å²) in [6.45, 7) is 10.3. The molecule has 0 saturated carbocycles. The van der Waals surface area contributed by atoms with E-state index in [1.54, 1.807) is 6.07 Å². The standard InChI is InChI=1S/C14H21BrFNOS/c1-9(8-17-19(18)14(3,4)5)12-6-11(16)7-13(15)10(12)2/h6-7,9,17H,8H2,1-5H3. The van der Waals surface area contributed by atoms with Crippen LogP contribution < -0.4 is 4.72 Å². The molecule has 0 aliphatic heterocycles. The summed E-state index contributed by atoms with van der Waals surface area (Å²) in [5.41, 5.74) is 1.96. The van der Waals surface area contributed by atoms with Gasteiger partial charge in [0.2, 0.25) is 0 Å². The Morgan fingerprint density at radius 2 is 2.00 bits per heavy atom. The molecular formula is C14H21BrFNOS. The van der Waals surface area contributed by atoms with Crippen LogP contribution in [0.1, 0.15) is 44.7 Å². The molecule has 0 saturated heterocycles. The van der Waals surface area contributed by atoms with Crippen molar-refractivity contribution in [3.63, 3.8) is 0 Å². The molecule has 1 N–H and O–H groups in total. The normalized spacial score (nSPS) is 15.4. The number of hydrogen-bond donors (Lipinski definition) is 1. The predicted molar refractivity (Wildman–Crippen MR) is 83.2 cm³/mol.